The van der Waals surface area contributed by atoms with Crippen LogP contribution in [0.1, 0.15) is 5.82 Å². The van der Waals surface area contributed by atoms with Gasteiger partial charge in [-0.3, -0.25) is 4.90 Å². The number of hydrogen-bond acceptors (Lipinski definition) is 4. The fourth-order valence-electron chi connectivity index (χ4n) is 1.83. The standard InChI is InChI=1S/C13H18N4O/c1-16(8-9-18)10-12-14-15-13(17(12)2)11-6-4-3-5-7-11/h3-7,18H,8-10H2,1-2H3. The molecule has 2 aromatic rings. The summed E-state index contributed by atoms with van der Waals surface area (Å²) in [6, 6.07) is 10.00. The van der Waals surface area contributed by atoms with E-state index in [1.165, 1.54) is 0 Å². The number of likely N-dealkylation sites (N-methyl/N-ethyl adjacent to an activating group) is 1. The van der Waals surface area contributed by atoms with E-state index >= 15 is 0 Å². The van der Waals surface area contributed by atoms with Gasteiger partial charge in [0, 0.05) is 19.2 Å². The summed E-state index contributed by atoms with van der Waals surface area (Å²) in [5.41, 5.74) is 1.06. The highest BCUT2D eigenvalue weighted by Crippen LogP contribution is 2.16. The molecule has 1 aromatic heterocycles. The van der Waals surface area contributed by atoms with Gasteiger partial charge in [-0.1, -0.05) is 30.3 Å². The van der Waals surface area contributed by atoms with Gasteiger partial charge in [0.2, 0.25) is 0 Å². The maximum Gasteiger partial charge on any atom is 0.163 e. The van der Waals surface area contributed by atoms with Gasteiger partial charge >= 0.3 is 0 Å². The van der Waals surface area contributed by atoms with Gasteiger partial charge in [-0.05, 0) is 7.05 Å². The third-order valence-corrected chi connectivity index (χ3v) is 2.89. The molecule has 0 spiro atoms. The van der Waals surface area contributed by atoms with Crippen molar-refractivity contribution >= 4 is 0 Å². The summed E-state index contributed by atoms with van der Waals surface area (Å²) >= 11 is 0. The van der Waals surface area contributed by atoms with E-state index in [1.54, 1.807) is 0 Å². The van der Waals surface area contributed by atoms with Gasteiger partial charge in [-0.15, -0.1) is 10.2 Å². The van der Waals surface area contributed by atoms with Crippen LogP contribution in [0.5, 0.6) is 0 Å². The normalized spacial score (nSPS) is 11.1. The van der Waals surface area contributed by atoms with E-state index in [1.807, 2.05) is 53.9 Å². The number of aliphatic hydroxyl groups is 1. The van der Waals surface area contributed by atoms with E-state index in [2.05, 4.69) is 10.2 Å². The van der Waals surface area contributed by atoms with E-state index in [9.17, 15) is 0 Å². The van der Waals surface area contributed by atoms with Crippen LogP contribution in [0.15, 0.2) is 30.3 Å². The molecule has 5 nitrogen and oxygen atoms in total. The molecule has 2 rings (SSSR count). The van der Waals surface area contributed by atoms with Crippen molar-refractivity contribution in [1.29, 1.82) is 0 Å². The molecular weight excluding hydrogens is 228 g/mol. The Balaban J connectivity index is 2.19. The molecule has 1 aromatic carbocycles. The van der Waals surface area contributed by atoms with Gasteiger partial charge in [0.15, 0.2) is 5.82 Å². The molecule has 5 heteroatoms. The summed E-state index contributed by atoms with van der Waals surface area (Å²) in [6.45, 7) is 1.46. The van der Waals surface area contributed by atoms with Crippen LogP contribution >= 0.6 is 0 Å². The van der Waals surface area contributed by atoms with Crippen molar-refractivity contribution in [3.8, 4) is 11.4 Å². The maximum atomic E-state index is 8.88. The zero-order chi connectivity index (χ0) is 13.0. The predicted octanol–water partition coefficient (Wildman–Crippen LogP) is 0.906. The van der Waals surface area contributed by atoms with Crippen LogP contribution in [0.25, 0.3) is 11.4 Å². The van der Waals surface area contributed by atoms with Crippen molar-refractivity contribution in [2.24, 2.45) is 7.05 Å². The minimum atomic E-state index is 0.153. The van der Waals surface area contributed by atoms with Gasteiger partial charge in [-0.2, -0.15) is 0 Å². The third-order valence-electron chi connectivity index (χ3n) is 2.89. The summed E-state index contributed by atoms with van der Waals surface area (Å²) in [6.07, 6.45) is 0. The highest BCUT2D eigenvalue weighted by molar-refractivity contribution is 5.54. The van der Waals surface area contributed by atoms with Gasteiger partial charge < -0.3 is 9.67 Å². The Morgan fingerprint density at radius 3 is 2.61 bits per heavy atom. The monoisotopic (exact) mass is 246 g/mol. The predicted molar refractivity (Wildman–Crippen MR) is 69.9 cm³/mol. The molecule has 0 saturated heterocycles. The zero-order valence-corrected chi connectivity index (χ0v) is 10.7. The topological polar surface area (TPSA) is 54.2 Å². The SMILES string of the molecule is CN(CCO)Cc1nnc(-c2ccccc2)n1C. The van der Waals surface area contributed by atoms with Gasteiger partial charge in [0.05, 0.1) is 13.2 Å². The number of hydrogen-bond donors (Lipinski definition) is 1. The molecule has 18 heavy (non-hydrogen) atoms. The van der Waals surface area contributed by atoms with Crippen LogP contribution in [0.3, 0.4) is 0 Å². The van der Waals surface area contributed by atoms with E-state index in [-0.39, 0.29) is 6.61 Å². The van der Waals surface area contributed by atoms with Crippen LogP contribution in [0.4, 0.5) is 0 Å². The summed E-state index contributed by atoms with van der Waals surface area (Å²) in [5.74, 6) is 1.76. The fourth-order valence-corrected chi connectivity index (χ4v) is 1.83. The van der Waals surface area contributed by atoms with Crippen LogP contribution in [0.2, 0.25) is 0 Å². The van der Waals surface area contributed by atoms with Crippen molar-refractivity contribution in [3.63, 3.8) is 0 Å². The first kappa shape index (κ1) is 12.7. The van der Waals surface area contributed by atoms with Crippen molar-refractivity contribution in [2.45, 2.75) is 6.54 Å². The molecule has 96 valence electrons. The second-order valence-electron chi connectivity index (χ2n) is 4.33. The van der Waals surface area contributed by atoms with E-state index in [0.29, 0.717) is 13.1 Å². The van der Waals surface area contributed by atoms with Crippen molar-refractivity contribution < 1.29 is 5.11 Å². The molecule has 0 aliphatic rings. The van der Waals surface area contributed by atoms with E-state index < -0.39 is 0 Å². The van der Waals surface area contributed by atoms with Crippen molar-refractivity contribution in [1.82, 2.24) is 19.7 Å². The fraction of sp³-hybridized carbons (Fsp3) is 0.385. The Kier molecular flexibility index (Phi) is 4.07. The smallest absolute Gasteiger partial charge is 0.163 e. The molecule has 0 aliphatic heterocycles. The number of rotatable bonds is 5. The Morgan fingerprint density at radius 2 is 1.94 bits per heavy atom. The van der Waals surface area contributed by atoms with E-state index in [4.69, 9.17) is 5.11 Å². The lowest BCUT2D eigenvalue weighted by atomic mass is 10.2. The molecular formula is C13H18N4O. The van der Waals surface area contributed by atoms with Crippen LogP contribution in [-0.2, 0) is 13.6 Å². The van der Waals surface area contributed by atoms with Crippen molar-refractivity contribution in [3.05, 3.63) is 36.2 Å². The highest BCUT2D eigenvalue weighted by atomic mass is 16.3. The first-order chi connectivity index (χ1) is 8.72. The van der Waals surface area contributed by atoms with Gasteiger partial charge in [0.1, 0.15) is 5.82 Å². The molecule has 0 unspecified atom stereocenters. The Hall–Kier alpha value is -1.72. The Bertz CT molecular complexity index is 495. The summed E-state index contributed by atoms with van der Waals surface area (Å²) in [4.78, 5) is 2.01. The minimum Gasteiger partial charge on any atom is -0.395 e. The lowest BCUT2D eigenvalue weighted by Gasteiger charge is -2.14. The molecule has 0 atom stereocenters. The van der Waals surface area contributed by atoms with Gasteiger partial charge in [-0.25, -0.2) is 0 Å². The second-order valence-corrected chi connectivity index (χ2v) is 4.33. The first-order valence-electron chi connectivity index (χ1n) is 5.95. The van der Waals surface area contributed by atoms with Crippen LogP contribution in [0, 0.1) is 0 Å². The van der Waals surface area contributed by atoms with Crippen molar-refractivity contribution in [2.75, 3.05) is 20.2 Å². The first-order valence-corrected chi connectivity index (χ1v) is 5.95. The molecule has 0 fully saturated rings. The Morgan fingerprint density at radius 1 is 1.22 bits per heavy atom. The summed E-state index contributed by atoms with van der Waals surface area (Å²) < 4.78 is 1.99. The molecule has 0 aliphatic carbocycles. The number of benzene rings is 1. The molecule has 1 heterocycles. The molecule has 0 saturated carbocycles. The quantitative estimate of drug-likeness (QED) is 0.852. The largest absolute Gasteiger partial charge is 0.395 e. The zero-order valence-electron chi connectivity index (χ0n) is 10.7. The molecule has 0 amide bonds. The van der Waals surface area contributed by atoms with Gasteiger partial charge in [0.25, 0.3) is 0 Å². The van der Waals surface area contributed by atoms with Crippen LogP contribution in [-0.4, -0.2) is 45.0 Å². The average Bonchev–Trinajstić information content (AvgIpc) is 2.72. The molecule has 0 bridgehead atoms. The number of nitrogens with zero attached hydrogens (tertiary/aromatic N) is 4. The van der Waals surface area contributed by atoms with E-state index in [0.717, 1.165) is 17.2 Å². The second kappa shape index (κ2) is 5.75. The lowest BCUT2D eigenvalue weighted by molar-refractivity contribution is 0.213. The highest BCUT2D eigenvalue weighted by Gasteiger charge is 2.11. The maximum absolute atomic E-state index is 8.88. The number of aliphatic hydroxyl groups excluding tert-OH is 1. The third kappa shape index (κ3) is 2.75. The summed E-state index contributed by atoms with van der Waals surface area (Å²) in [7, 11) is 3.91. The summed E-state index contributed by atoms with van der Waals surface area (Å²) in [5, 5.41) is 17.3. The minimum absolute atomic E-state index is 0.153. The Labute approximate surface area is 107 Å². The molecule has 1 N–H and O–H groups in total. The van der Waals surface area contributed by atoms with Crippen LogP contribution < -0.4 is 0 Å². The number of aromatic nitrogens is 3. The lowest BCUT2D eigenvalue weighted by Crippen LogP contribution is -2.23. The molecule has 0 radical (unpaired) electrons. The average molecular weight is 246 g/mol.